The van der Waals surface area contributed by atoms with Gasteiger partial charge in [-0.25, -0.2) is 13.1 Å². The molecule has 0 aliphatic rings. The molecule has 0 aromatic heterocycles. The van der Waals surface area contributed by atoms with Gasteiger partial charge in [0.25, 0.3) is 0 Å². The Balaban J connectivity index is 2.29. The monoisotopic (exact) mass is 272 g/mol. The minimum absolute atomic E-state index is 0.269. The van der Waals surface area contributed by atoms with E-state index in [4.69, 9.17) is 4.74 Å². The van der Waals surface area contributed by atoms with Gasteiger partial charge in [-0.3, -0.25) is 0 Å². The molecule has 1 aromatic rings. The van der Waals surface area contributed by atoms with Gasteiger partial charge in [-0.2, -0.15) is 0 Å². The Bertz CT molecular complexity index is 434. The van der Waals surface area contributed by atoms with E-state index in [2.05, 4.69) is 10.0 Å². The van der Waals surface area contributed by atoms with E-state index in [0.717, 1.165) is 5.75 Å². The number of hydrogen-bond donors (Lipinski definition) is 2. The minimum atomic E-state index is -3.27. The van der Waals surface area contributed by atoms with Crippen molar-refractivity contribution in [3.05, 3.63) is 30.3 Å². The predicted octanol–water partition coefficient (Wildman–Crippen LogP) is 0.593. The van der Waals surface area contributed by atoms with Crippen molar-refractivity contribution in [2.75, 3.05) is 26.7 Å². The fraction of sp³-hybridized carbons (Fsp3) is 0.500. The first kappa shape index (κ1) is 14.9. The second-order valence-corrected chi connectivity index (χ2v) is 6.15. The van der Waals surface area contributed by atoms with Crippen LogP contribution in [0.2, 0.25) is 0 Å². The molecular weight excluding hydrogens is 252 g/mol. The zero-order valence-corrected chi connectivity index (χ0v) is 11.5. The minimum Gasteiger partial charge on any atom is -0.492 e. The summed E-state index contributed by atoms with van der Waals surface area (Å²) >= 11 is 0. The van der Waals surface area contributed by atoms with Crippen molar-refractivity contribution in [2.24, 2.45) is 0 Å². The molecule has 1 unspecified atom stereocenters. The highest BCUT2D eigenvalue weighted by Crippen LogP contribution is 2.07. The topological polar surface area (TPSA) is 67.4 Å². The zero-order valence-electron chi connectivity index (χ0n) is 10.7. The summed E-state index contributed by atoms with van der Waals surface area (Å²) in [5.41, 5.74) is 0. The van der Waals surface area contributed by atoms with E-state index >= 15 is 0 Å². The standard InChI is InChI=1S/C12H20N2O3S/c1-11(10-13-2)18(15,16)14-8-9-17-12-6-4-3-5-7-12/h3-7,11,13-14H,8-10H2,1-2H3. The average Bonchev–Trinajstić information content (AvgIpc) is 2.36. The molecule has 5 nitrogen and oxygen atoms in total. The number of benzene rings is 1. The third-order valence-corrected chi connectivity index (χ3v) is 4.27. The van der Waals surface area contributed by atoms with Crippen molar-refractivity contribution < 1.29 is 13.2 Å². The van der Waals surface area contributed by atoms with Gasteiger partial charge in [0.1, 0.15) is 12.4 Å². The number of rotatable bonds is 8. The first-order valence-corrected chi connectivity index (χ1v) is 7.42. The number of ether oxygens (including phenoxy) is 1. The van der Waals surface area contributed by atoms with E-state index in [1.807, 2.05) is 30.3 Å². The summed E-state index contributed by atoms with van der Waals surface area (Å²) in [5.74, 6) is 0.736. The lowest BCUT2D eigenvalue weighted by atomic mass is 10.3. The van der Waals surface area contributed by atoms with Crippen LogP contribution in [-0.2, 0) is 10.0 Å². The number of hydrogen-bond acceptors (Lipinski definition) is 4. The van der Waals surface area contributed by atoms with Crippen LogP contribution < -0.4 is 14.8 Å². The highest BCUT2D eigenvalue weighted by Gasteiger charge is 2.18. The van der Waals surface area contributed by atoms with Crippen molar-refractivity contribution in [2.45, 2.75) is 12.2 Å². The van der Waals surface area contributed by atoms with Crippen molar-refractivity contribution in [3.8, 4) is 5.75 Å². The van der Waals surface area contributed by atoms with Crippen molar-refractivity contribution in [3.63, 3.8) is 0 Å². The molecule has 0 spiro atoms. The molecule has 0 heterocycles. The van der Waals surface area contributed by atoms with Crippen molar-refractivity contribution >= 4 is 10.0 Å². The molecule has 0 bridgehead atoms. The molecule has 0 saturated carbocycles. The largest absolute Gasteiger partial charge is 0.492 e. The lowest BCUT2D eigenvalue weighted by Crippen LogP contribution is -2.39. The number of sulfonamides is 1. The third kappa shape index (κ3) is 5.03. The summed E-state index contributed by atoms with van der Waals surface area (Å²) < 4.78 is 31.4. The van der Waals surface area contributed by atoms with Crippen LogP contribution in [0.3, 0.4) is 0 Å². The zero-order chi connectivity index (χ0) is 13.4. The van der Waals surface area contributed by atoms with E-state index in [9.17, 15) is 8.42 Å². The van der Waals surface area contributed by atoms with Crippen molar-refractivity contribution in [1.29, 1.82) is 0 Å². The molecular formula is C12H20N2O3S. The van der Waals surface area contributed by atoms with E-state index < -0.39 is 15.3 Å². The van der Waals surface area contributed by atoms with Gasteiger partial charge in [0.15, 0.2) is 0 Å². The number of para-hydroxylation sites is 1. The summed E-state index contributed by atoms with van der Waals surface area (Å²) in [7, 11) is -1.54. The second kappa shape index (κ2) is 7.35. The second-order valence-electron chi connectivity index (χ2n) is 3.97. The van der Waals surface area contributed by atoms with Crippen molar-refractivity contribution in [1.82, 2.24) is 10.0 Å². The quantitative estimate of drug-likeness (QED) is 0.680. The van der Waals surface area contributed by atoms with Gasteiger partial charge >= 0.3 is 0 Å². The third-order valence-electron chi connectivity index (χ3n) is 2.44. The van der Waals surface area contributed by atoms with Gasteiger partial charge in [-0.1, -0.05) is 18.2 Å². The Kier molecular flexibility index (Phi) is 6.11. The molecule has 0 fully saturated rings. The summed E-state index contributed by atoms with van der Waals surface area (Å²) in [4.78, 5) is 0. The molecule has 102 valence electrons. The predicted molar refractivity (Wildman–Crippen MR) is 72.2 cm³/mol. The molecule has 1 aromatic carbocycles. The maximum atomic E-state index is 11.7. The SMILES string of the molecule is CNCC(C)S(=O)(=O)NCCOc1ccccc1. The highest BCUT2D eigenvalue weighted by atomic mass is 32.2. The lowest BCUT2D eigenvalue weighted by molar-refractivity contribution is 0.322. The summed E-state index contributed by atoms with van der Waals surface area (Å²) in [6, 6.07) is 9.30. The normalized spacial score (nSPS) is 13.2. The van der Waals surface area contributed by atoms with Crippen LogP contribution in [0.15, 0.2) is 30.3 Å². The Morgan fingerprint density at radius 3 is 2.56 bits per heavy atom. The molecule has 0 saturated heterocycles. The molecule has 0 radical (unpaired) electrons. The van der Waals surface area contributed by atoms with E-state index in [1.54, 1.807) is 14.0 Å². The fourth-order valence-electron chi connectivity index (χ4n) is 1.41. The van der Waals surface area contributed by atoms with Gasteiger partial charge in [-0.05, 0) is 26.1 Å². The molecule has 0 aliphatic heterocycles. The Labute approximate surface area is 109 Å². The maximum absolute atomic E-state index is 11.7. The highest BCUT2D eigenvalue weighted by molar-refractivity contribution is 7.90. The molecule has 0 amide bonds. The summed E-state index contributed by atoms with van der Waals surface area (Å²) in [6.45, 7) is 2.67. The Morgan fingerprint density at radius 1 is 1.28 bits per heavy atom. The average molecular weight is 272 g/mol. The molecule has 18 heavy (non-hydrogen) atoms. The lowest BCUT2D eigenvalue weighted by Gasteiger charge is -2.13. The van der Waals surface area contributed by atoms with Crippen LogP contribution in [0.25, 0.3) is 0 Å². The van der Waals surface area contributed by atoms with Crippen LogP contribution >= 0.6 is 0 Å². The van der Waals surface area contributed by atoms with Crippen LogP contribution in [0.5, 0.6) is 5.75 Å². The Morgan fingerprint density at radius 2 is 1.94 bits per heavy atom. The molecule has 1 rings (SSSR count). The van der Waals surface area contributed by atoms with Gasteiger partial charge in [0.2, 0.25) is 10.0 Å². The first-order valence-electron chi connectivity index (χ1n) is 5.87. The molecule has 2 N–H and O–H groups in total. The first-order chi connectivity index (χ1) is 8.56. The van der Waals surface area contributed by atoms with Crippen LogP contribution in [0.4, 0.5) is 0 Å². The molecule has 1 atom stereocenters. The van der Waals surface area contributed by atoms with Crippen LogP contribution in [0.1, 0.15) is 6.92 Å². The van der Waals surface area contributed by atoms with Gasteiger partial charge in [-0.15, -0.1) is 0 Å². The Hall–Kier alpha value is -1.11. The molecule has 6 heteroatoms. The van der Waals surface area contributed by atoms with Gasteiger partial charge in [0, 0.05) is 13.1 Å². The van der Waals surface area contributed by atoms with Gasteiger partial charge < -0.3 is 10.1 Å². The van der Waals surface area contributed by atoms with E-state index in [1.165, 1.54) is 0 Å². The van der Waals surface area contributed by atoms with Gasteiger partial charge in [0.05, 0.1) is 5.25 Å². The fourth-order valence-corrected chi connectivity index (χ4v) is 2.45. The summed E-state index contributed by atoms with van der Waals surface area (Å²) in [6.07, 6.45) is 0. The van der Waals surface area contributed by atoms with E-state index in [0.29, 0.717) is 13.2 Å². The van der Waals surface area contributed by atoms with Crippen LogP contribution in [-0.4, -0.2) is 40.4 Å². The smallest absolute Gasteiger partial charge is 0.215 e. The molecule has 0 aliphatic carbocycles. The van der Waals surface area contributed by atoms with E-state index in [-0.39, 0.29) is 6.54 Å². The maximum Gasteiger partial charge on any atom is 0.215 e. The van der Waals surface area contributed by atoms with Crippen LogP contribution in [0, 0.1) is 0 Å². The summed E-state index contributed by atoms with van der Waals surface area (Å²) in [5, 5.41) is 2.38. The number of nitrogens with one attached hydrogen (secondary N) is 2.